The number of carboxylic acids is 1. The van der Waals surface area contributed by atoms with Crippen LogP contribution in [0.25, 0.3) is 0 Å². The van der Waals surface area contributed by atoms with Crippen molar-refractivity contribution in [3.05, 3.63) is 0 Å². The van der Waals surface area contributed by atoms with E-state index in [2.05, 4.69) is 5.32 Å². The molecule has 4 heteroatoms. The van der Waals surface area contributed by atoms with Crippen LogP contribution in [0.2, 0.25) is 0 Å². The second kappa shape index (κ2) is 4.25. The van der Waals surface area contributed by atoms with Crippen molar-refractivity contribution in [2.24, 2.45) is 5.41 Å². The summed E-state index contributed by atoms with van der Waals surface area (Å²) >= 11 is 0. The Morgan fingerprint density at radius 2 is 1.85 bits per heavy atom. The van der Waals surface area contributed by atoms with Gasteiger partial charge in [0.2, 0.25) is 5.91 Å². The average Bonchev–Trinajstić information content (AvgIpc) is 1.96. The zero-order chi connectivity index (χ0) is 10.6. The van der Waals surface area contributed by atoms with Crippen LogP contribution in [-0.2, 0) is 9.59 Å². The van der Waals surface area contributed by atoms with Crippen LogP contribution in [0.3, 0.4) is 0 Å². The standard InChI is InChI=1S/C9H17NO3/c1-5-6(7(11)12)10-8(13)9(2,3)4/h6H,5H2,1-4H3,(H,10,13)(H,11,12)/t6-/m0/s1. The quantitative estimate of drug-likeness (QED) is 0.693. The van der Waals surface area contributed by atoms with Crippen LogP contribution in [0.1, 0.15) is 34.1 Å². The summed E-state index contributed by atoms with van der Waals surface area (Å²) in [6.07, 6.45) is 0.400. The molecule has 0 aliphatic carbocycles. The molecule has 0 rings (SSSR count). The molecular formula is C9H17NO3. The smallest absolute Gasteiger partial charge is 0.326 e. The van der Waals surface area contributed by atoms with Gasteiger partial charge in [-0.25, -0.2) is 4.79 Å². The lowest BCUT2D eigenvalue weighted by atomic mass is 9.95. The first-order chi connectivity index (χ1) is 5.79. The Labute approximate surface area is 78.3 Å². The molecular weight excluding hydrogens is 170 g/mol. The van der Waals surface area contributed by atoms with Crippen molar-refractivity contribution in [3.63, 3.8) is 0 Å². The molecule has 0 aromatic heterocycles. The lowest BCUT2D eigenvalue weighted by Crippen LogP contribution is -2.45. The number of rotatable bonds is 3. The SMILES string of the molecule is CC[C@H](NC(=O)C(C)(C)C)C(=O)O. The second-order valence-corrected chi connectivity index (χ2v) is 4.02. The van der Waals surface area contributed by atoms with E-state index in [1.54, 1.807) is 27.7 Å². The van der Waals surface area contributed by atoms with Crippen LogP contribution in [0.4, 0.5) is 0 Å². The highest BCUT2D eigenvalue weighted by Gasteiger charge is 2.25. The van der Waals surface area contributed by atoms with Gasteiger partial charge in [-0.05, 0) is 6.42 Å². The summed E-state index contributed by atoms with van der Waals surface area (Å²) < 4.78 is 0. The monoisotopic (exact) mass is 187 g/mol. The molecule has 13 heavy (non-hydrogen) atoms. The van der Waals surface area contributed by atoms with Gasteiger partial charge in [0.15, 0.2) is 0 Å². The number of hydrogen-bond acceptors (Lipinski definition) is 2. The van der Waals surface area contributed by atoms with Crippen molar-refractivity contribution in [1.82, 2.24) is 5.32 Å². The highest BCUT2D eigenvalue weighted by atomic mass is 16.4. The number of carbonyl (C=O) groups excluding carboxylic acids is 1. The maximum Gasteiger partial charge on any atom is 0.326 e. The molecule has 0 aromatic carbocycles. The Morgan fingerprint density at radius 3 is 2.08 bits per heavy atom. The Hall–Kier alpha value is -1.06. The van der Waals surface area contributed by atoms with E-state index in [9.17, 15) is 9.59 Å². The van der Waals surface area contributed by atoms with Gasteiger partial charge in [-0.15, -0.1) is 0 Å². The summed E-state index contributed by atoms with van der Waals surface area (Å²) in [7, 11) is 0. The van der Waals surface area contributed by atoms with E-state index in [4.69, 9.17) is 5.11 Å². The molecule has 0 saturated heterocycles. The van der Waals surface area contributed by atoms with Gasteiger partial charge in [-0.2, -0.15) is 0 Å². The van der Waals surface area contributed by atoms with Gasteiger partial charge in [-0.3, -0.25) is 4.79 Å². The largest absolute Gasteiger partial charge is 0.480 e. The highest BCUT2D eigenvalue weighted by Crippen LogP contribution is 2.13. The van der Waals surface area contributed by atoms with Gasteiger partial charge in [-0.1, -0.05) is 27.7 Å². The minimum Gasteiger partial charge on any atom is -0.480 e. The van der Waals surface area contributed by atoms with Crippen molar-refractivity contribution in [3.8, 4) is 0 Å². The van der Waals surface area contributed by atoms with Gasteiger partial charge >= 0.3 is 5.97 Å². The second-order valence-electron chi connectivity index (χ2n) is 4.02. The number of nitrogens with one attached hydrogen (secondary N) is 1. The first-order valence-corrected chi connectivity index (χ1v) is 4.32. The van der Waals surface area contributed by atoms with Gasteiger partial charge in [0.25, 0.3) is 0 Å². The first-order valence-electron chi connectivity index (χ1n) is 4.32. The maximum absolute atomic E-state index is 11.4. The Bertz CT molecular complexity index is 205. The zero-order valence-corrected chi connectivity index (χ0v) is 8.55. The molecule has 76 valence electrons. The van der Waals surface area contributed by atoms with Crippen LogP contribution in [0.15, 0.2) is 0 Å². The van der Waals surface area contributed by atoms with Gasteiger partial charge in [0, 0.05) is 5.41 Å². The Morgan fingerprint density at radius 1 is 1.38 bits per heavy atom. The molecule has 0 saturated carbocycles. The van der Waals surface area contributed by atoms with Crippen molar-refractivity contribution < 1.29 is 14.7 Å². The minimum atomic E-state index is -0.986. The van der Waals surface area contributed by atoms with E-state index >= 15 is 0 Å². The molecule has 0 aromatic rings. The maximum atomic E-state index is 11.4. The molecule has 2 N–H and O–H groups in total. The van der Waals surface area contributed by atoms with E-state index in [0.29, 0.717) is 6.42 Å². The predicted octanol–water partition coefficient (Wildman–Crippen LogP) is 1.01. The van der Waals surface area contributed by atoms with E-state index in [1.807, 2.05) is 0 Å². The topological polar surface area (TPSA) is 66.4 Å². The summed E-state index contributed by atoms with van der Waals surface area (Å²) in [5, 5.41) is 11.1. The molecule has 0 aliphatic rings. The fraction of sp³-hybridized carbons (Fsp3) is 0.778. The number of amides is 1. The predicted molar refractivity (Wildman–Crippen MR) is 49.3 cm³/mol. The van der Waals surface area contributed by atoms with E-state index in [0.717, 1.165) is 0 Å². The first kappa shape index (κ1) is 11.9. The fourth-order valence-electron chi connectivity index (χ4n) is 0.713. The Kier molecular flexibility index (Phi) is 3.91. The summed E-state index contributed by atoms with van der Waals surface area (Å²) in [6, 6.07) is -0.772. The molecule has 1 atom stereocenters. The van der Waals surface area contributed by atoms with E-state index in [-0.39, 0.29) is 5.91 Å². The van der Waals surface area contributed by atoms with E-state index in [1.165, 1.54) is 0 Å². The fourth-order valence-corrected chi connectivity index (χ4v) is 0.713. The van der Waals surface area contributed by atoms with E-state index < -0.39 is 17.4 Å². The Balaban J connectivity index is 4.26. The third-order valence-corrected chi connectivity index (χ3v) is 1.69. The van der Waals surface area contributed by atoms with Crippen LogP contribution >= 0.6 is 0 Å². The number of aliphatic carboxylic acids is 1. The van der Waals surface area contributed by atoms with Gasteiger partial charge in [0.1, 0.15) is 6.04 Å². The molecule has 1 amide bonds. The average molecular weight is 187 g/mol. The molecule has 0 radical (unpaired) electrons. The van der Waals surface area contributed by atoms with Crippen LogP contribution in [0, 0.1) is 5.41 Å². The number of carbonyl (C=O) groups is 2. The third kappa shape index (κ3) is 3.92. The molecule has 0 bridgehead atoms. The lowest BCUT2D eigenvalue weighted by molar-refractivity contribution is -0.143. The highest BCUT2D eigenvalue weighted by molar-refractivity contribution is 5.86. The lowest BCUT2D eigenvalue weighted by Gasteiger charge is -2.20. The van der Waals surface area contributed by atoms with Gasteiger partial charge in [0.05, 0.1) is 0 Å². The van der Waals surface area contributed by atoms with Crippen LogP contribution in [-0.4, -0.2) is 23.0 Å². The van der Waals surface area contributed by atoms with Crippen molar-refractivity contribution in [1.29, 1.82) is 0 Å². The third-order valence-electron chi connectivity index (χ3n) is 1.69. The summed E-state index contributed by atoms with van der Waals surface area (Å²) in [6.45, 7) is 6.96. The normalized spacial score (nSPS) is 13.5. The van der Waals surface area contributed by atoms with Gasteiger partial charge < -0.3 is 10.4 Å². The van der Waals surface area contributed by atoms with Crippen molar-refractivity contribution >= 4 is 11.9 Å². The summed E-state index contributed by atoms with van der Waals surface area (Å²) in [5.74, 6) is -1.22. The molecule has 0 heterocycles. The molecule has 0 fully saturated rings. The summed E-state index contributed by atoms with van der Waals surface area (Å²) in [4.78, 5) is 21.9. The van der Waals surface area contributed by atoms with Crippen LogP contribution in [0.5, 0.6) is 0 Å². The van der Waals surface area contributed by atoms with Crippen molar-refractivity contribution in [2.75, 3.05) is 0 Å². The van der Waals surface area contributed by atoms with Crippen molar-refractivity contribution in [2.45, 2.75) is 40.2 Å². The number of carboxylic acid groups (broad SMARTS) is 1. The molecule has 0 aliphatic heterocycles. The summed E-state index contributed by atoms with van der Waals surface area (Å²) in [5.41, 5.74) is -0.539. The molecule has 0 unspecified atom stereocenters. The minimum absolute atomic E-state index is 0.234. The number of hydrogen-bond donors (Lipinski definition) is 2. The zero-order valence-electron chi connectivity index (χ0n) is 8.55. The van der Waals surface area contributed by atoms with Crippen LogP contribution < -0.4 is 5.32 Å². The molecule has 4 nitrogen and oxygen atoms in total. The molecule has 0 spiro atoms.